The molecule has 1 N–H and O–H groups in total. The first-order chi connectivity index (χ1) is 12.5. The summed E-state index contributed by atoms with van der Waals surface area (Å²) in [5.41, 5.74) is 2.30. The summed E-state index contributed by atoms with van der Waals surface area (Å²) in [6, 6.07) is 13.2. The fourth-order valence-electron chi connectivity index (χ4n) is 2.49. The van der Waals surface area contributed by atoms with E-state index in [9.17, 15) is 4.79 Å². The molecule has 2 aromatic carbocycles. The molecule has 0 unspecified atom stereocenters. The number of methoxy groups -OCH3 is 1. The Hall–Kier alpha value is -2.69. The molecule has 5 heteroatoms. The second-order valence-electron chi connectivity index (χ2n) is 6.03. The van der Waals surface area contributed by atoms with Crippen molar-refractivity contribution in [1.82, 2.24) is 5.32 Å². The topological polar surface area (TPSA) is 56.8 Å². The summed E-state index contributed by atoms with van der Waals surface area (Å²) in [6.07, 6.45) is 0.0174. The van der Waals surface area contributed by atoms with Gasteiger partial charge in [0.1, 0.15) is 23.9 Å². The van der Waals surface area contributed by atoms with Crippen LogP contribution in [0.1, 0.15) is 24.5 Å². The molecular weight excluding hydrogens is 330 g/mol. The molecule has 0 fully saturated rings. The van der Waals surface area contributed by atoms with Crippen molar-refractivity contribution in [1.29, 1.82) is 0 Å². The third-order valence-electron chi connectivity index (χ3n) is 4.20. The summed E-state index contributed by atoms with van der Waals surface area (Å²) >= 11 is 0. The number of hydrogen-bond acceptors (Lipinski definition) is 4. The fourth-order valence-corrected chi connectivity index (χ4v) is 2.49. The molecule has 5 nitrogen and oxygen atoms in total. The number of hydrogen-bond donors (Lipinski definition) is 1. The van der Waals surface area contributed by atoms with Crippen LogP contribution in [0.3, 0.4) is 0 Å². The predicted molar refractivity (Wildman–Crippen MR) is 102 cm³/mol. The lowest BCUT2D eigenvalue weighted by atomic mass is 10.1. The van der Waals surface area contributed by atoms with Crippen molar-refractivity contribution in [2.24, 2.45) is 0 Å². The van der Waals surface area contributed by atoms with Gasteiger partial charge in [0.15, 0.2) is 6.10 Å². The number of rotatable bonds is 9. The highest BCUT2D eigenvalue weighted by Gasteiger charge is 2.18. The Labute approximate surface area is 155 Å². The number of carbonyl (C=O) groups is 1. The van der Waals surface area contributed by atoms with Crippen molar-refractivity contribution in [3.63, 3.8) is 0 Å². The van der Waals surface area contributed by atoms with Gasteiger partial charge in [-0.15, -0.1) is 0 Å². The van der Waals surface area contributed by atoms with Gasteiger partial charge in [0.05, 0.1) is 13.7 Å². The van der Waals surface area contributed by atoms with Crippen LogP contribution in [0.2, 0.25) is 0 Å². The van der Waals surface area contributed by atoms with E-state index in [2.05, 4.69) is 5.32 Å². The molecule has 2 aromatic rings. The van der Waals surface area contributed by atoms with E-state index in [0.29, 0.717) is 31.1 Å². The number of nitrogens with one attached hydrogen (secondary N) is 1. The number of aryl methyl sites for hydroxylation is 1. The van der Waals surface area contributed by atoms with Gasteiger partial charge in [-0.25, -0.2) is 0 Å². The first-order valence-corrected chi connectivity index (χ1v) is 8.82. The highest BCUT2D eigenvalue weighted by molar-refractivity contribution is 5.81. The maximum atomic E-state index is 12.3. The van der Waals surface area contributed by atoms with Crippen molar-refractivity contribution in [3.8, 4) is 17.2 Å². The minimum atomic E-state index is -0.553. The minimum Gasteiger partial charge on any atom is -0.497 e. The molecule has 1 atom stereocenters. The first-order valence-electron chi connectivity index (χ1n) is 8.82. The molecule has 0 aliphatic heterocycles. The Bertz CT molecular complexity index is 730. The quantitative estimate of drug-likeness (QED) is 0.696. The molecular formula is C21H27NO4. The van der Waals surface area contributed by atoms with Crippen LogP contribution >= 0.6 is 0 Å². The van der Waals surface area contributed by atoms with E-state index in [1.54, 1.807) is 13.2 Å². The van der Waals surface area contributed by atoms with Crippen molar-refractivity contribution in [3.05, 3.63) is 53.6 Å². The Balaban J connectivity index is 1.82. The molecule has 2 rings (SSSR count). The van der Waals surface area contributed by atoms with Gasteiger partial charge in [0, 0.05) is 6.07 Å². The lowest BCUT2D eigenvalue weighted by Gasteiger charge is -2.18. The average Bonchev–Trinajstić information content (AvgIpc) is 2.66. The number of carbonyl (C=O) groups excluding carboxylic acids is 1. The molecule has 0 saturated heterocycles. The Morgan fingerprint density at radius 2 is 1.85 bits per heavy atom. The molecule has 0 heterocycles. The van der Waals surface area contributed by atoms with Gasteiger partial charge in [0.2, 0.25) is 0 Å². The van der Waals surface area contributed by atoms with Crippen molar-refractivity contribution >= 4 is 5.91 Å². The number of benzene rings is 2. The summed E-state index contributed by atoms with van der Waals surface area (Å²) in [6.45, 7) is 6.82. The van der Waals surface area contributed by atoms with Gasteiger partial charge < -0.3 is 19.5 Å². The van der Waals surface area contributed by atoms with E-state index in [4.69, 9.17) is 14.2 Å². The maximum absolute atomic E-state index is 12.3. The van der Waals surface area contributed by atoms with Gasteiger partial charge in [-0.05, 0) is 49.6 Å². The molecule has 0 aliphatic carbocycles. The van der Waals surface area contributed by atoms with Crippen LogP contribution < -0.4 is 19.5 Å². The summed E-state index contributed by atoms with van der Waals surface area (Å²) in [4.78, 5) is 12.3. The highest BCUT2D eigenvalue weighted by atomic mass is 16.5. The Morgan fingerprint density at radius 1 is 1.12 bits per heavy atom. The third-order valence-corrected chi connectivity index (χ3v) is 4.20. The first kappa shape index (κ1) is 19.6. The van der Waals surface area contributed by atoms with Crippen LogP contribution in [0.25, 0.3) is 0 Å². The predicted octanol–water partition coefficient (Wildman–Crippen LogP) is 3.66. The van der Waals surface area contributed by atoms with Crippen LogP contribution in [-0.2, 0) is 4.79 Å². The van der Waals surface area contributed by atoms with Crippen LogP contribution in [0.5, 0.6) is 17.2 Å². The molecule has 26 heavy (non-hydrogen) atoms. The zero-order chi connectivity index (χ0) is 18.9. The normalized spacial score (nSPS) is 11.5. The highest BCUT2D eigenvalue weighted by Crippen LogP contribution is 2.21. The van der Waals surface area contributed by atoms with Crippen LogP contribution in [0.15, 0.2) is 42.5 Å². The summed E-state index contributed by atoms with van der Waals surface area (Å²) < 4.78 is 16.7. The smallest absolute Gasteiger partial charge is 0.261 e. The van der Waals surface area contributed by atoms with E-state index in [1.165, 1.54) is 5.56 Å². The summed E-state index contributed by atoms with van der Waals surface area (Å²) in [7, 11) is 1.60. The van der Waals surface area contributed by atoms with Crippen molar-refractivity contribution in [2.45, 2.75) is 33.3 Å². The standard InChI is InChI=1S/C21H27NO4/c1-5-19(26-18-10-7-9-17(14-18)24-4)21(23)22-12-13-25-20-11-6-8-15(2)16(20)3/h6-11,14,19H,5,12-13H2,1-4H3,(H,22,23)/t19-/m1/s1. The van der Waals surface area contributed by atoms with Gasteiger partial charge in [-0.1, -0.05) is 25.1 Å². The fraction of sp³-hybridized carbons (Fsp3) is 0.381. The van der Waals surface area contributed by atoms with Crippen molar-refractivity contribution in [2.75, 3.05) is 20.3 Å². The summed E-state index contributed by atoms with van der Waals surface area (Å²) in [5, 5.41) is 2.87. The van der Waals surface area contributed by atoms with E-state index < -0.39 is 6.10 Å². The van der Waals surface area contributed by atoms with Gasteiger partial charge in [0.25, 0.3) is 5.91 Å². The van der Waals surface area contributed by atoms with E-state index in [0.717, 1.165) is 11.3 Å². The van der Waals surface area contributed by atoms with E-state index in [-0.39, 0.29) is 5.91 Å². The SMILES string of the molecule is CC[C@@H](Oc1cccc(OC)c1)C(=O)NCCOc1cccc(C)c1C. The number of ether oxygens (including phenoxy) is 3. The molecule has 0 radical (unpaired) electrons. The van der Waals surface area contributed by atoms with E-state index in [1.807, 2.05) is 57.2 Å². The van der Waals surface area contributed by atoms with Crippen LogP contribution in [0, 0.1) is 13.8 Å². The summed E-state index contributed by atoms with van der Waals surface area (Å²) in [5.74, 6) is 2.00. The average molecular weight is 357 g/mol. The zero-order valence-electron chi connectivity index (χ0n) is 15.9. The third kappa shape index (κ3) is 5.41. The van der Waals surface area contributed by atoms with Gasteiger partial charge in [-0.2, -0.15) is 0 Å². The molecule has 1 amide bonds. The van der Waals surface area contributed by atoms with Crippen LogP contribution in [0.4, 0.5) is 0 Å². The van der Waals surface area contributed by atoms with Crippen molar-refractivity contribution < 1.29 is 19.0 Å². The molecule has 140 valence electrons. The lowest BCUT2D eigenvalue weighted by molar-refractivity contribution is -0.128. The maximum Gasteiger partial charge on any atom is 0.261 e. The molecule has 0 bridgehead atoms. The van der Waals surface area contributed by atoms with Gasteiger partial charge >= 0.3 is 0 Å². The minimum absolute atomic E-state index is 0.153. The second-order valence-corrected chi connectivity index (χ2v) is 6.03. The molecule has 0 saturated carbocycles. The Morgan fingerprint density at radius 3 is 2.58 bits per heavy atom. The largest absolute Gasteiger partial charge is 0.497 e. The molecule has 0 aromatic heterocycles. The second kappa shape index (κ2) is 9.70. The lowest BCUT2D eigenvalue weighted by Crippen LogP contribution is -2.39. The molecule has 0 aliphatic rings. The van der Waals surface area contributed by atoms with Crippen LogP contribution in [-0.4, -0.2) is 32.3 Å². The Kier molecular flexibility index (Phi) is 7.33. The zero-order valence-corrected chi connectivity index (χ0v) is 15.9. The molecule has 0 spiro atoms. The monoisotopic (exact) mass is 357 g/mol. The van der Waals surface area contributed by atoms with Gasteiger partial charge in [-0.3, -0.25) is 4.79 Å². The number of amides is 1. The van der Waals surface area contributed by atoms with E-state index >= 15 is 0 Å².